The van der Waals surface area contributed by atoms with Gasteiger partial charge in [0, 0.05) is 81.7 Å². The Hall–Kier alpha value is -4.61. The van der Waals surface area contributed by atoms with Crippen LogP contribution in [0.3, 0.4) is 0 Å². The molecule has 41 heavy (non-hydrogen) atoms. The number of anilines is 1. The van der Waals surface area contributed by atoms with Crippen LogP contribution in [0.15, 0.2) is 59.0 Å². The molecular formula is C30H29N5O6. The lowest BCUT2D eigenvalue weighted by Crippen LogP contribution is -2.49. The number of carbonyl (C=O) groups is 5. The summed E-state index contributed by atoms with van der Waals surface area (Å²) < 4.78 is 5.53. The average molecular weight is 556 g/mol. The van der Waals surface area contributed by atoms with Crippen molar-refractivity contribution in [1.82, 2.24) is 20.4 Å². The molecule has 2 N–H and O–H groups in total. The third-order valence-electron chi connectivity index (χ3n) is 7.71. The molecule has 0 saturated carbocycles. The standard InChI is InChI=1S/C30H29N5O6/c36-25-9-11-35(30(40)32-25)20-7-5-19(6-8-20)18-34-15-13-33(14-16-34)12-10-31-29(39)24-17-23-26(37)21-3-1-2-4-22(21)27(38)28(23)41-24/h1-8,17H,9-16,18H2,(H,31,39)(H,32,36,40). The maximum absolute atomic E-state index is 12.8. The molecule has 11 heteroatoms. The van der Waals surface area contributed by atoms with Gasteiger partial charge in [0.15, 0.2) is 17.3 Å². The molecule has 0 unspecified atom stereocenters. The number of benzene rings is 2. The van der Waals surface area contributed by atoms with Gasteiger partial charge in [-0.25, -0.2) is 4.79 Å². The first-order valence-corrected chi connectivity index (χ1v) is 13.6. The second kappa shape index (κ2) is 11.1. The first-order chi connectivity index (χ1) is 19.9. The normalized spacial score (nSPS) is 17.7. The summed E-state index contributed by atoms with van der Waals surface area (Å²) in [6.07, 6.45) is 0.295. The molecular weight excluding hydrogens is 526 g/mol. The van der Waals surface area contributed by atoms with Crippen LogP contribution < -0.4 is 15.5 Å². The number of nitrogens with zero attached hydrogens (tertiary/aromatic N) is 3. The Labute approximate surface area is 236 Å². The SMILES string of the molecule is O=C1CCN(c2ccc(CN3CCN(CCNC(=O)c4cc5c(o4)C(=O)c4ccccc4C5=O)CC3)cc2)C(=O)N1. The van der Waals surface area contributed by atoms with Crippen LogP contribution in [0.25, 0.3) is 0 Å². The third-order valence-corrected chi connectivity index (χ3v) is 7.71. The topological polar surface area (TPSA) is 132 Å². The van der Waals surface area contributed by atoms with Gasteiger partial charge < -0.3 is 9.73 Å². The summed E-state index contributed by atoms with van der Waals surface area (Å²) in [5.41, 5.74) is 2.64. The predicted octanol–water partition coefficient (Wildman–Crippen LogP) is 2.05. The van der Waals surface area contributed by atoms with E-state index in [9.17, 15) is 24.0 Å². The molecule has 2 fully saturated rings. The molecule has 0 radical (unpaired) electrons. The highest BCUT2D eigenvalue weighted by atomic mass is 16.4. The van der Waals surface area contributed by atoms with E-state index >= 15 is 0 Å². The third kappa shape index (κ3) is 5.41. The van der Waals surface area contributed by atoms with E-state index in [0.717, 1.165) is 44.0 Å². The fourth-order valence-electron chi connectivity index (χ4n) is 5.42. The quantitative estimate of drug-likeness (QED) is 0.354. The Kier molecular flexibility index (Phi) is 7.21. The minimum atomic E-state index is -0.459. The molecule has 6 rings (SSSR count). The molecule has 2 aliphatic heterocycles. The van der Waals surface area contributed by atoms with Gasteiger partial charge in [0.2, 0.25) is 11.7 Å². The van der Waals surface area contributed by atoms with Crippen molar-refractivity contribution in [3.63, 3.8) is 0 Å². The number of nitrogens with one attached hydrogen (secondary N) is 2. The highest BCUT2D eigenvalue weighted by molar-refractivity contribution is 6.27. The second-order valence-electron chi connectivity index (χ2n) is 10.4. The van der Waals surface area contributed by atoms with Crippen molar-refractivity contribution < 1.29 is 28.4 Å². The lowest BCUT2D eigenvalue weighted by atomic mass is 9.89. The largest absolute Gasteiger partial charge is 0.447 e. The van der Waals surface area contributed by atoms with Gasteiger partial charge in [-0.1, -0.05) is 36.4 Å². The zero-order valence-corrected chi connectivity index (χ0v) is 22.4. The van der Waals surface area contributed by atoms with Crippen molar-refractivity contribution in [1.29, 1.82) is 0 Å². The zero-order chi connectivity index (χ0) is 28.5. The Morgan fingerprint density at radius 1 is 0.829 bits per heavy atom. The van der Waals surface area contributed by atoms with Gasteiger partial charge in [-0.05, 0) is 17.7 Å². The van der Waals surface area contributed by atoms with Crippen molar-refractivity contribution >= 4 is 35.1 Å². The van der Waals surface area contributed by atoms with Gasteiger partial charge in [-0.2, -0.15) is 0 Å². The molecule has 0 bridgehead atoms. The summed E-state index contributed by atoms with van der Waals surface area (Å²) in [6, 6.07) is 15.4. The van der Waals surface area contributed by atoms with E-state index in [1.165, 1.54) is 6.07 Å². The summed E-state index contributed by atoms with van der Waals surface area (Å²) in [4.78, 5) is 67.8. The summed E-state index contributed by atoms with van der Waals surface area (Å²) in [5.74, 6) is -1.55. The van der Waals surface area contributed by atoms with Gasteiger partial charge in [0.1, 0.15) is 0 Å². The van der Waals surface area contributed by atoms with E-state index in [1.54, 1.807) is 29.2 Å². The molecule has 11 nitrogen and oxygen atoms in total. The maximum Gasteiger partial charge on any atom is 0.328 e. The molecule has 4 amide bonds. The molecule has 3 aromatic rings. The van der Waals surface area contributed by atoms with Crippen molar-refractivity contribution in [2.75, 3.05) is 50.7 Å². The van der Waals surface area contributed by atoms with E-state index in [0.29, 0.717) is 31.6 Å². The second-order valence-corrected chi connectivity index (χ2v) is 10.4. The van der Waals surface area contributed by atoms with Crippen LogP contribution in [0.2, 0.25) is 0 Å². The summed E-state index contributed by atoms with van der Waals surface area (Å²) in [6.45, 7) is 5.70. The first kappa shape index (κ1) is 26.6. The predicted molar refractivity (Wildman–Crippen MR) is 148 cm³/mol. The van der Waals surface area contributed by atoms with Crippen molar-refractivity contribution in [2.45, 2.75) is 13.0 Å². The Balaban J connectivity index is 0.952. The fraction of sp³-hybridized carbons (Fsp3) is 0.300. The average Bonchev–Trinajstić information content (AvgIpc) is 3.44. The van der Waals surface area contributed by atoms with Crippen LogP contribution in [-0.2, 0) is 11.3 Å². The van der Waals surface area contributed by atoms with E-state index in [-0.39, 0.29) is 40.4 Å². The van der Waals surface area contributed by atoms with E-state index in [4.69, 9.17) is 4.42 Å². The van der Waals surface area contributed by atoms with Gasteiger partial charge in [0.25, 0.3) is 5.91 Å². The molecule has 1 aromatic heterocycles. The Morgan fingerprint density at radius 2 is 1.51 bits per heavy atom. The first-order valence-electron chi connectivity index (χ1n) is 13.6. The molecule has 2 aromatic carbocycles. The fourth-order valence-corrected chi connectivity index (χ4v) is 5.42. The summed E-state index contributed by atoms with van der Waals surface area (Å²) in [5, 5.41) is 5.17. The molecule has 0 spiro atoms. The Bertz CT molecular complexity index is 1480. The lowest BCUT2D eigenvalue weighted by molar-refractivity contribution is -0.120. The van der Waals surface area contributed by atoms with E-state index in [2.05, 4.69) is 20.4 Å². The smallest absolute Gasteiger partial charge is 0.328 e. The van der Waals surface area contributed by atoms with Crippen molar-refractivity contribution in [3.8, 4) is 0 Å². The van der Waals surface area contributed by atoms with E-state index in [1.807, 2.05) is 24.3 Å². The van der Waals surface area contributed by atoms with Crippen LogP contribution in [0.1, 0.15) is 54.6 Å². The number of amides is 4. The number of furan rings is 1. The van der Waals surface area contributed by atoms with Crippen LogP contribution >= 0.6 is 0 Å². The van der Waals surface area contributed by atoms with Gasteiger partial charge in [-0.15, -0.1) is 0 Å². The minimum absolute atomic E-state index is 0.0465. The number of piperazine rings is 1. The Morgan fingerprint density at radius 3 is 2.22 bits per heavy atom. The summed E-state index contributed by atoms with van der Waals surface area (Å²) in [7, 11) is 0. The number of urea groups is 1. The van der Waals surface area contributed by atoms with Crippen molar-refractivity contribution in [3.05, 3.63) is 88.4 Å². The number of hydrogen-bond acceptors (Lipinski definition) is 8. The number of imide groups is 1. The zero-order valence-electron chi connectivity index (χ0n) is 22.4. The number of rotatable bonds is 7. The molecule has 3 aliphatic rings. The minimum Gasteiger partial charge on any atom is -0.447 e. The molecule has 1 aliphatic carbocycles. The highest BCUT2D eigenvalue weighted by Gasteiger charge is 2.34. The van der Waals surface area contributed by atoms with Gasteiger partial charge in [-0.3, -0.25) is 39.2 Å². The number of hydrogen-bond donors (Lipinski definition) is 2. The van der Waals surface area contributed by atoms with E-state index < -0.39 is 11.7 Å². The van der Waals surface area contributed by atoms with Crippen LogP contribution in [0.5, 0.6) is 0 Å². The van der Waals surface area contributed by atoms with Crippen molar-refractivity contribution in [2.24, 2.45) is 0 Å². The monoisotopic (exact) mass is 555 g/mol. The summed E-state index contributed by atoms with van der Waals surface area (Å²) >= 11 is 0. The van der Waals surface area contributed by atoms with Gasteiger partial charge >= 0.3 is 6.03 Å². The number of ketones is 2. The molecule has 0 atom stereocenters. The number of carbonyl (C=O) groups excluding carboxylic acids is 5. The van der Waals surface area contributed by atoms with Crippen LogP contribution in [0, 0.1) is 0 Å². The highest BCUT2D eigenvalue weighted by Crippen LogP contribution is 2.29. The molecule has 3 heterocycles. The molecule has 210 valence electrons. The van der Waals surface area contributed by atoms with Gasteiger partial charge in [0.05, 0.1) is 5.56 Å². The van der Waals surface area contributed by atoms with Crippen LogP contribution in [0.4, 0.5) is 10.5 Å². The lowest BCUT2D eigenvalue weighted by Gasteiger charge is -2.34. The van der Waals surface area contributed by atoms with Crippen LogP contribution in [-0.4, -0.2) is 85.0 Å². The maximum atomic E-state index is 12.8. The molecule has 2 saturated heterocycles. The number of fused-ring (bicyclic) bond motifs is 2.